The van der Waals surface area contributed by atoms with Gasteiger partial charge in [-0.05, 0) is 54.4 Å². The van der Waals surface area contributed by atoms with Gasteiger partial charge in [0.05, 0.1) is 11.6 Å². The molecule has 0 saturated carbocycles. The van der Waals surface area contributed by atoms with E-state index in [1.54, 1.807) is 42.6 Å². The van der Waals surface area contributed by atoms with E-state index in [1.165, 1.54) is 10.9 Å². The topological polar surface area (TPSA) is 93.6 Å². The first-order chi connectivity index (χ1) is 14.2. The van der Waals surface area contributed by atoms with Gasteiger partial charge < -0.3 is 15.6 Å². The van der Waals surface area contributed by atoms with Gasteiger partial charge in [-0.25, -0.2) is 4.98 Å². The summed E-state index contributed by atoms with van der Waals surface area (Å²) < 4.78 is 0. The fourth-order valence-corrected chi connectivity index (χ4v) is 3.16. The molecule has 0 radical (unpaired) electrons. The summed E-state index contributed by atoms with van der Waals surface area (Å²) in [5.41, 5.74) is 4.07. The van der Waals surface area contributed by atoms with Crippen molar-refractivity contribution >= 4 is 28.3 Å². The maximum Gasteiger partial charge on any atom is 0.255 e. The number of aromatic amines is 1. The van der Waals surface area contributed by atoms with E-state index in [4.69, 9.17) is 5.26 Å². The summed E-state index contributed by atoms with van der Waals surface area (Å²) in [6, 6.07) is 20.4. The maximum atomic E-state index is 12.5. The van der Waals surface area contributed by atoms with Crippen LogP contribution in [0.15, 0.2) is 73.1 Å². The molecule has 0 aliphatic heterocycles. The highest BCUT2D eigenvalue weighted by molar-refractivity contribution is 6.04. The van der Waals surface area contributed by atoms with Crippen LogP contribution in [0.3, 0.4) is 0 Å². The lowest BCUT2D eigenvalue weighted by molar-refractivity contribution is 0.102. The van der Waals surface area contributed by atoms with E-state index in [9.17, 15) is 4.79 Å². The summed E-state index contributed by atoms with van der Waals surface area (Å²) in [5.74, 6) is 0.425. The van der Waals surface area contributed by atoms with Gasteiger partial charge in [0.2, 0.25) is 0 Å². The van der Waals surface area contributed by atoms with Crippen molar-refractivity contribution in [3.05, 3.63) is 89.7 Å². The zero-order valence-electron chi connectivity index (χ0n) is 15.6. The molecule has 29 heavy (non-hydrogen) atoms. The molecule has 0 atom stereocenters. The molecule has 0 aliphatic rings. The van der Waals surface area contributed by atoms with E-state index in [-0.39, 0.29) is 5.91 Å². The smallest absolute Gasteiger partial charge is 0.255 e. The summed E-state index contributed by atoms with van der Waals surface area (Å²) >= 11 is 0. The second-order valence-corrected chi connectivity index (χ2v) is 6.61. The lowest BCUT2D eigenvalue weighted by atomic mass is 10.1. The molecule has 0 saturated heterocycles. The second kappa shape index (κ2) is 8.28. The zero-order valence-corrected chi connectivity index (χ0v) is 15.6. The molecular formula is C23H19N5O. The number of aromatic nitrogens is 2. The highest BCUT2D eigenvalue weighted by Crippen LogP contribution is 2.18. The van der Waals surface area contributed by atoms with E-state index in [2.05, 4.69) is 38.8 Å². The summed E-state index contributed by atoms with van der Waals surface area (Å²) in [6.07, 6.45) is 4.48. The zero-order chi connectivity index (χ0) is 20.1. The Morgan fingerprint density at radius 3 is 2.76 bits per heavy atom. The van der Waals surface area contributed by atoms with Crippen LogP contribution in [0.2, 0.25) is 0 Å². The number of fused-ring (bicyclic) bond motifs is 1. The molecule has 0 fully saturated rings. The lowest BCUT2D eigenvalue weighted by Gasteiger charge is -2.08. The van der Waals surface area contributed by atoms with Crippen molar-refractivity contribution in [2.45, 2.75) is 6.42 Å². The quantitative estimate of drug-likeness (QED) is 0.463. The summed E-state index contributed by atoms with van der Waals surface area (Å²) in [7, 11) is 0. The van der Waals surface area contributed by atoms with Crippen molar-refractivity contribution in [1.29, 1.82) is 5.26 Å². The number of nitriles is 1. The number of carbonyl (C=O) groups excluding carboxylic acids is 1. The van der Waals surface area contributed by atoms with Crippen LogP contribution in [0.5, 0.6) is 0 Å². The molecule has 6 nitrogen and oxygen atoms in total. The number of nitrogens with zero attached hydrogens (tertiary/aromatic N) is 2. The molecule has 2 heterocycles. The normalized spacial score (nSPS) is 10.4. The Kier molecular flexibility index (Phi) is 5.21. The first kappa shape index (κ1) is 18.3. The number of H-pyrrole nitrogens is 1. The van der Waals surface area contributed by atoms with Gasteiger partial charge in [-0.3, -0.25) is 4.79 Å². The van der Waals surface area contributed by atoms with Crippen molar-refractivity contribution in [3.63, 3.8) is 0 Å². The molecule has 2 aromatic heterocycles. The van der Waals surface area contributed by atoms with Gasteiger partial charge in [-0.15, -0.1) is 0 Å². The van der Waals surface area contributed by atoms with Crippen molar-refractivity contribution in [3.8, 4) is 6.07 Å². The predicted octanol–water partition coefficient (Wildman–Crippen LogP) is 4.34. The van der Waals surface area contributed by atoms with Crippen molar-refractivity contribution in [1.82, 2.24) is 9.97 Å². The van der Waals surface area contributed by atoms with E-state index >= 15 is 0 Å². The second-order valence-electron chi connectivity index (χ2n) is 6.61. The minimum atomic E-state index is -0.225. The Bertz CT molecular complexity index is 1190. The van der Waals surface area contributed by atoms with Crippen molar-refractivity contribution in [2.75, 3.05) is 17.2 Å². The van der Waals surface area contributed by atoms with Gasteiger partial charge in [0.1, 0.15) is 5.82 Å². The van der Waals surface area contributed by atoms with E-state index in [0.29, 0.717) is 29.2 Å². The number of pyridine rings is 1. The molecule has 6 heteroatoms. The summed E-state index contributed by atoms with van der Waals surface area (Å²) in [6.45, 7) is 0.704. The van der Waals surface area contributed by atoms with E-state index in [0.717, 1.165) is 11.9 Å². The highest BCUT2D eigenvalue weighted by Gasteiger charge is 2.08. The number of rotatable bonds is 6. The molecule has 0 spiro atoms. The van der Waals surface area contributed by atoms with Crippen LogP contribution in [0.25, 0.3) is 10.9 Å². The minimum Gasteiger partial charge on any atom is -0.370 e. The SMILES string of the molecule is N#Cc1ccc(NC(=O)c2ccnc(NCCc3c[nH]c4ccccc34)c2)cc1. The average molecular weight is 381 g/mol. The number of nitrogens with one attached hydrogen (secondary N) is 3. The molecular weight excluding hydrogens is 362 g/mol. The largest absolute Gasteiger partial charge is 0.370 e. The van der Waals surface area contributed by atoms with Crippen molar-refractivity contribution in [2.24, 2.45) is 0 Å². The number of para-hydroxylation sites is 1. The van der Waals surface area contributed by atoms with Gasteiger partial charge in [-0.1, -0.05) is 18.2 Å². The third kappa shape index (κ3) is 4.25. The first-order valence-corrected chi connectivity index (χ1v) is 9.29. The number of carbonyl (C=O) groups is 1. The van der Waals surface area contributed by atoms with E-state index in [1.807, 2.05) is 18.3 Å². The fourth-order valence-electron chi connectivity index (χ4n) is 3.16. The Hall–Kier alpha value is -4.11. The summed E-state index contributed by atoms with van der Waals surface area (Å²) in [4.78, 5) is 20.1. The number of anilines is 2. The van der Waals surface area contributed by atoms with E-state index < -0.39 is 0 Å². The molecule has 3 N–H and O–H groups in total. The van der Waals surface area contributed by atoms with Crippen LogP contribution >= 0.6 is 0 Å². The molecule has 4 aromatic rings. The van der Waals surface area contributed by atoms with Gasteiger partial charge in [0, 0.05) is 41.1 Å². The van der Waals surface area contributed by atoms with Crippen LogP contribution in [0, 0.1) is 11.3 Å². The Morgan fingerprint density at radius 2 is 1.93 bits per heavy atom. The third-order valence-corrected chi connectivity index (χ3v) is 4.67. The molecule has 2 aromatic carbocycles. The Morgan fingerprint density at radius 1 is 1.10 bits per heavy atom. The molecule has 0 aliphatic carbocycles. The standard InChI is InChI=1S/C23H19N5O/c24-14-16-5-7-19(8-6-16)28-23(29)17-9-11-25-22(13-17)26-12-10-18-15-27-21-4-2-1-3-20(18)21/h1-9,11,13,15,27H,10,12H2,(H,25,26)(H,28,29). The van der Waals surface area contributed by atoms with Gasteiger partial charge in [0.25, 0.3) is 5.91 Å². The number of hydrogen-bond donors (Lipinski definition) is 3. The summed E-state index contributed by atoms with van der Waals surface area (Å²) in [5, 5.41) is 16.2. The Labute approximate surface area is 168 Å². The monoisotopic (exact) mass is 381 g/mol. The van der Waals surface area contributed by atoms with Crippen LogP contribution < -0.4 is 10.6 Å². The fraction of sp³-hybridized carbons (Fsp3) is 0.0870. The first-order valence-electron chi connectivity index (χ1n) is 9.29. The van der Waals surface area contributed by atoms with Gasteiger partial charge in [0.15, 0.2) is 0 Å². The number of hydrogen-bond acceptors (Lipinski definition) is 4. The molecule has 0 bridgehead atoms. The van der Waals surface area contributed by atoms with Crippen LogP contribution in [-0.4, -0.2) is 22.4 Å². The minimum absolute atomic E-state index is 0.225. The lowest BCUT2D eigenvalue weighted by Crippen LogP contribution is -2.13. The maximum absolute atomic E-state index is 12.5. The van der Waals surface area contributed by atoms with Crippen LogP contribution in [0.1, 0.15) is 21.5 Å². The van der Waals surface area contributed by atoms with Gasteiger partial charge >= 0.3 is 0 Å². The number of benzene rings is 2. The van der Waals surface area contributed by atoms with Gasteiger partial charge in [-0.2, -0.15) is 5.26 Å². The molecule has 0 unspecified atom stereocenters. The Balaban J connectivity index is 1.37. The van der Waals surface area contributed by atoms with Crippen molar-refractivity contribution < 1.29 is 4.79 Å². The molecule has 1 amide bonds. The molecule has 4 rings (SSSR count). The highest BCUT2D eigenvalue weighted by atomic mass is 16.1. The predicted molar refractivity (Wildman–Crippen MR) is 114 cm³/mol. The van der Waals surface area contributed by atoms with Crippen LogP contribution in [-0.2, 0) is 6.42 Å². The number of amides is 1. The third-order valence-electron chi connectivity index (χ3n) is 4.67. The molecule has 142 valence electrons. The average Bonchev–Trinajstić information content (AvgIpc) is 3.18. The van der Waals surface area contributed by atoms with Crippen LogP contribution in [0.4, 0.5) is 11.5 Å².